The molecule has 5 nitrogen and oxygen atoms in total. The maximum absolute atomic E-state index is 14.7. The van der Waals surface area contributed by atoms with Crippen LogP contribution in [0.4, 0.5) is 23.2 Å². The molecule has 1 atom stereocenters. The van der Waals surface area contributed by atoms with E-state index in [-0.39, 0.29) is 35.7 Å². The first-order valence-corrected chi connectivity index (χ1v) is 10.8. The molecule has 10 heteroatoms. The topological polar surface area (TPSA) is 64.6 Å². The zero-order chi connectivity index (χ0) is 24.1. The molecule has 2 aromatic rings. The Hall–Kier alpha value is -3.40. The molecule has 0 aliphatic carbocycles. The van der Waals surface area contributed by atoms with Crippen LogP contribution in [0.1, 0.15) is 34.8 Å². The summed E-state index contributed by atoms with van der Waals surface area (Å²) in [6, 6.07) is 4.67. The third-order valence-corrected chi connectivity index (χ3v) is 5.75. The molecule has 1 unspecified atom stereocenters. The van der Waals surface area contributed by atoms with Crippen LogP contribution in [0, 0.1) is 11.6 Å². The number of halogens is 4. The Morgan fingerprint density at radius 1 is 1.12 bits per heavy atom. The highest BCUT2D eigenvalue weighted by atomic mass is 32.2. The van der Waals surface area contributed by atoms with Gasteiger partial charge in [0.1, 0.15) is 30.6 Å². The molecule has 0 saturated heterocycles. The van der Waals surface area contributed by atoms with Crippen molar-refractivity contribution in [3.8, 4) is 0 Å². The molecule has 0 amide bonds. The summed E-state index contributed by atoms with van der Waals surface area (Å²) in [7, 11) is -2.42. The third kappa shape index (κ3) is 5.33. The van der Waals surface area contributed by atoms with Gasteiger partial charge in [-0.05, 0) is 31.2 Å². The Morgan fingerprint density at radius 2 is 1.85 bits per heavy atom. The van der Waals surface area contributed by atoms with Gasteiger partial charge >= 0.3 is 5.97 Å². The predicted molar refractivity (Wildman–Crippen MR) is 116 cm³/mol. The van der Waals surface area contributed by atoms with Crippen LogP contribution in [0.25, 0.3) is 5.57 Å². The Kier molecular flexibility index (Phi) is 7.70. The van der Waals surface area contributed by atoms with Crippen LogP contribution in [-0.4, -0.2) is 23.4 Å². The lowest BCUT2D eigenvalue weighted by Gasteiger charge is -2.15. The van der Waals surface area contributed by atoms with E-state index in [9.17, 15) is 26.6 Å². The van der Waals surface area contributed by atoms with Gasteiger partial charge in [-0.2, -0.15) is 0 Å². The highest BCUT2D eigenvalue weighted by Crippen LogP contribution is 2.32. The van der Waals surface area contributed by atoms with Crippen molar-refractivity contribution in [1.29, 1.82) is 0 Å². The number of ether oxygens (including phenoxy) is 2. The summed E-state index contributed by atoms with van der Waals surface area (Å²) in [6.45, 7) is 4.95. The summed E-state index contributed by atoms with van der Waals surface area (Å²) >= 11 is 0. The van der Waals surface area contributed by atoms with Crippen molar-refractivity contribution in [3.05, 3.63) is 89.2 Å². The lowest BCUT2D eigenvalue weighted by molar-refractivity contribution is 0.0408. The van der Waals surface area contributed by atoms with E-state index in [1.54, 1.807) is 13.0 Å². The van der Waals surface area contributed by atoms with Crippen molar-refractivity contribution in [1.82, 2.24) is 0 Å². The molecule has 0 radical (unpaired) electrons. The van der Waals surface area contributed by atoms with Gasteiger partial charge in [-0.3, -0.25) is 4.72 Å². The van der Waals surface area contributed by atoms with Gasteiger partial charge in [0, 0.05) is 22.8 Å². The van der Waals surface area contributed by atoms with Gasteiger partial charge in [-0.25, -0.2) is 26.6 Å². The Labute approximate surface area is 190 Å². The summed E-state index contributed by atoms with van der Waals surface area (Å²) in [5, 5.41) is 0. The van der Waals surface area contributed by atoms with Gasteiger partial charge in [0.2, 0.25) is 0 Å². The molecule has 0 aromatic heterocycles. The number of hydrogen-bond acceptors (Lipinski definition) is 4. The number of carbonyl (C=O) groups excluding carboxylic acids is 1. The molecule has 0 spiro atoms. The van der Waals surface area contributed by atoms with E-state index in [1.165, 1.54) is 12.2 Å². The van der Waals surface area contributed by atoms with E-state index in [0.717, 1.165) is 24.3 Å². The van der Waals surface area contributed by atoms with Crippen molar-refractivity contribution in [2.75, 3.05) is 17.9 Å². The normalized spacial score (nSPS) is 19.3. The summed E-state index contributed by atoms with van der Waals surface area (Å²) in [4.78, 5) is 11.9. The van der Waals surface area contributed by atoms with E-state index in [1.807, 2.05) is 0 Å². The number of alkyl halides is 2. The second-order valence-electron chi connectivity index (χ2n) is 6.70. The molecule has 0 saturated carbocycles. The lowest BCUT2D eigenvalue weighted by Crippen LogP contribution is -2.13. The molecule has 3 rings (SSSR count). The fraction of sp³-hybridized carbons (Fsp3) is 0.174. The molecule has 1 N–H and O–H groups in total. The van der Waals surface area contributed by atoms with Crippen LogP contribution >= 0.6 is 0 Å². The zero-order valence-electron chi connectivity index (χ0n) is 17.4. The Balaban J connectivity index is 2.22. The van der Waals surface area contributed by atoms with E-state index in [4.69, 9.17) is 9.47 Å². The van der Waals surface area contributed by atoms with Gasteiger partial charge in [0.15, 0.2) is 11.0 Å². The highest BCUT2D eigenvalue weighted by Gasteiger charge is 2.23. The molecule has 4 bridgehead atoms. The number of allylic oxidation sites excluding steroid dienone is 4. The van der Waals surface area contributed by atoms with Crippen molar-refractivity contribution < 1.29 is 36.0 Å². The van der Waals surface area contributed by atoms with Crippen molar-refractivity contribution in [2.45, 2.75) is 18.2 Å². The molecule has 0 fully saturated rings. The number of rotatable bonds is 3. The Morgan fingerprint density at radius 3 is 2.52 bits per heavy atom. The second-order valence-corrected chi connectivity index (χ2v) is 7.88. The molecule has 1 aliphatic heterocycles. The molecular formula is C23H19F4NO4S. The SMILES string of the molecule is C=C/C1=C(\C=C/C)c2cc(c(F)cc2F)NS(=O)c2cc(ccc2C(F)F)C(=O)OCCO1. The van der Waals surface area contributed by atoms with Gasteiger partial charge < -0.3 is 9.47 Å². The smallest absolute Gasteiger partial charge is 0.338 e. The fourth-order valence-corrected chi connectivity index (χ4v) is 4.15. The second kappa shape index (κ2) is 10.5. The van der Waals surface area contributed by atoms with Crippen LogP contribution in [0.2, 0.25) is 0 Å². The van der Waals surface area contributed by atoms with E-state index >= 15 is 0 Å². The first-order valence-electron chi connectivity index (χ1n) is 9.66. The molecular weight excluding hydrogens is 462 g/mol. The maximum Gasteiger partial charge on any atom is 0.338 e. The minimum absolute atomic E-state index is 0.112. The van der Waals surface area contributed by atoms with Crippen LogP contribution < -0.4 is 4.72 Å². The van der Waals surface area contributed by atoms with Crippen LogP contribution in [0.5, 0.6) is 0 Å². The average Bonchev–Trinajstić information content (AvgIpc) is 2.79. The quantitative estimate of drug-likeness (QED) is 0.452. The third-order valence-electron chi connectivity index (χ3n) is 4.59. The molecule has 33 heavy (non-hydrogen) atoms. The van der Waals surface area contributed by atoms with Crippen molar-refractivity contribution >= 4 is 28.2 Å². The summed E-state index contributed by atoms with van der Waals surface area (Å²) in [6.07, 6.45) is 1.38. The maximum atomic E-state index is 14.7. The van der Waals surface area contributed by atoms with E-state index in [0.29, 0.717) is 6.07 Å². The largest absolute Gasteiger partial charge is 0.489 e. The number of hydrogen-bond donors (Lipinski definition) is 1. The molecule has 2 aromatic carbocycles. The van der Waals surface area contributed by atoms with Crippen LogP contribution in [0.3, 0.4) is 0 Å². The summed E-state index contributed by atoms with van der Waals surface area (Å²) < 4.78 is 82.1. The monoisotopic (exact) mass is 481 g/mol. The van der Waals surface area contributed by atoms with Gasteiger partial charge in [-0.1, -0.05) is 24.8 Å². The predicted octanol–water partition coefficient (Wildman–Crippen LogP) is 5.70. The van der Waals surface area contributed by atoms with Crippen molar-refractivity contribution in [3.63, 3.8) is 0 Å². The highest BCUT2D eigenvalue weighted by molar-refractivity contribution is 7.86. The van der Waals surface area contributed by atoms with Gasteiger partial charge in [0.25, 0.3) is 6.43 Å². The van der Waals surface area contributed by atoms with Crippen molar-refractivity contribution in [2.24, 2.45) is 0 Å². The van der Waals surface area contributed by atoms with Gasteiger partial charge in [0.05, 0.1) is 16.1 Å². The number of cyclic esters (lactones) is 1. The lowest BCUT2D eigenvalue weighted by atomic mass is 10.0. The molecule has 174 valence electrons. The zero-order valence-corrected chi connectivity index (χ0v) is 18.2. The average molecular weight is 481 g/mol. The number of benzene rings is 2. The molecule has 1 heterocycles. The van der Waals surface area contributed by atoms with E-state index in [2.05, 4.69) is 11.3 Å². The number of fused-ring (bicyclic) bond motifs is 4. The fourth-order valence-electron chi connectivity index (χ4n) is 3.08. The number of anilines is 1. The standard InChI is InChI=1S/C23H19F4NO4S/c1-3-5-14-16-11-19(18(25)12-17(16)24)28-33(30)21-10-13(6-7-15(21)22(26)27)23(29)32-9-8-31-20(14)4-2/h3-7,10-12,22,28H,2,8-9H2,1H3/b5-3-,20-14-. The van der Waals surface area contributed by atoms with Crippen LogP contribution in [-0.2, 0) is 20.5 Å². The summed E-state index contributed by atoms with van der Waals surface area (Å²) in [5.41, 5.74) is -1.07. The van der Waals surface area contributed by atoms with Crippen LogP contribution in [0.15, 0.2) is 65.8 Å². The Bertz CT molecular complexity index is 1180. The number of nitrogens with one attached hydrogen (secondary N) is 1. The van der Waals surface area contributed by atoms with Gasteiger partial charge in [-0.15, -0.1) is 0 Å². The first kappa shape index (κ1) is 24.2. The summed E-state index contributed by atoms with van der Waals surface area (Å²) in [5.74, 6) is -2.77. The first-order chi connectivity index (χ1) is 15.8. The number of carbonyl (C=O) groups is 1. The minimum atomic E-state index is -3.01. The number of esters is 1. The molecule has 1 aliphatic rings. The van der Waals surface area contributed by atoms with E-state index < -0.39 is 51.2 Å². The minimum Gasteiger partial charge on any atom is -0.489 e.